The Balaban J connectivity index is 1.15. The highest BCUT2D eigenvalue weighted by Gasteiger charge is 2.39. The van der Waals surface area contributed by atoms with E-state index in [2.05, 4.69) is 185 Å². The molecular formula is C50H38O. The van der Waals surface area contributed by atoms with Gasteiger partial charge in [-0.1, -0.05) is 172 Å². The number of ether oxygens (including phenoxy) is 1. The first-order valence-electron chi connectivity index (χ1n) is 18.1. The fourth-order valence-corrected chi connectivity index (χ4v) is 9.11. The molecule has 0 saturated carbocycles. The summed E-state index contributed by atoms with van der Waals surface area (Å²) in [5.41, 5.74) is 10.2. The number of allylic oxidation sites excluding steroid dienone is 2. The maximum atomic E-state index is 7.00. The summed E-state index contributed by atoms with van der Waals surface area (Å²) in [5, 5.41) is 10.3. The fraction of sp³-hybridized carbons (Fsp3) is 0.120. The van der Waals surface area contributed by atoms with Gasteiger partial charge >= 0.3 is 0 Å². The Hall–Kier alpha value is -5.92. The molecular weight excluding hydrogens is 617 g/mol. The summed E-state index contributed by atoms with van der Waals surface area (Å²) in [6.45, 7) is 6.99. The van der Waals surface area contributed by atoms with Gasteiger partial charge in [0.05, 0.1) is 0 Å². The van der Waals surface area contributed by atoms with Crippen LogP contribution >= 0.6 is 0 Å². The molecule has 1 heteroatoms. The minimum atomic E-state index is -0.110. The van der Waals surface area contributed by atoms with Gasteiger partial charge in [-0.15, -0.1) is 0 Å². The standard InChI is InChI=1S/C50H38O/c1-50(2,3)48-39-24-13-11-22-37(39)47(38-23-12-14-25-40(38)48)42-27-15-26-41-43-30-32(28-29-44(43)51-49(41)42)46-35-20-9-7-18-33(35)45(31-16-5-4-6-17-31)34-19-8-10-21-36(34)46/h4-30,41,49H,1-3H3. The van der Waals surface area contributed by atoms with E-state index in [1.165, 1.54) is 87.6 Å². The molecule has 2 atom stereocenters. The van der Waals surface area contributed by atoms with E-state index in [0.717, 1.165) is 5.75 Å². The van der Waals surface area contributed by atoms with E-state index in [0.29, 0.717) is 0 Å². The van der Waals surface area contributed by atoms with Crippen LogP contribution in [0.15, 0.2) is 164 Å². The van der Waals surface area contributed by atoms with Crippen LogP contribution in [0, 0.1) is 0 Å². The number of benzene rings is 8. The van der Waals surface area contributed by atoms with E-state index in [9.17, 15) is 0 Å². The molecule has 2 unspecified atom stereocenters. The Kier molecular flexibility index (Phi) is 6.64. The normalized spacial score (nSPS) is 16.7. The predicted molar refractivity (Wildman–Crippen MR) is 217 cm³/mol. The largest absolute Gasteiger partial charge is 0.484 e. The molecule has 1 aliphatic carbocycles. The summed E-state index contributed by atoms with van der Waals surface area (Å²) < 4.78 is 7.00. The van der Waals surface area contributed by atoms with Gasteiger partial charge in [0.2, 0.25) is 0 Å². The molecule has 8 aromatic carbocycles. The predicted octanol–water partition coefficient (Wildman–Crippen LogP) is 13.4. The first-order chi connectivity index (χ1) is 25.0. The van der Waals surface area contributed by atoms with Gasteiger partial charge in [-0.25, -0.2) is 0 Å². The summed E-state index contributed by atoms with van der Waals surface area (Å²) in [6.07, 6.45) is 6.78. The first-order valence-corrected chi connectivity index (χ1v) is 18.1. The Morgan fingerprint density at radius 3 is 1.47 bits per heavy atom. The highest BCUT2D eigenvalue weighted by molar-refractivity contribution is 6.21. The second-order valence-electron chi connectivity index (χ2n) is 15.1. The van der Waals surface area contributed by atoms with E-state index in [1.54, 1.807) is 0 Å². The van der Waals surface area contributed by atoms with Crippen LogP contribution in [0.3, 0.4) is 0 Å². The van der Waals surface area contributed by atoms with Crippen LogP contribution in [-0.4, -0.2) is 6.10 Å². The maximum Gasteiger partial charge on any atom is 0.135 e. The molecule has 0 fully saturated rings. The van der Waals surface area contributed by atoms with Crippen molar-refractivity contribution in [2.75, 3.05) is 0 Å². The summed E-state index contributed by atoms with van der Waals surface area (Å²) in [6, 6.07) is 53.4. The molecule has 0 bridgehead atoms. The van der Waals surface area contributed by atoms with Crippen LogP contribution < -0.4 is 4.74 Å². The molecule has 10 rings (SSSR count). The second kappa shape index (κ2) is 11.3. The number of fused-ring (bicyclic) bond motifs is 7. The molecule has 0 amide bonds. The third kappa shape index (κ3) is 4.54. The average molecular weight is 655 g/mol. The molecule has 244 valence electrons. The van der Waals surface area contributed by atoms with Gasteiger partial charge in [0, 0.05) is 17.1 Å². The minimum Gasteiger partial charge on any atom is -0.484 e. The summed E-state index contributed by atoms with van der Waals surface area (Å²) in [7, 11) is 0. The quantitative estimate of drug-likeness (QED) is 0.172. The zero-order valence-electron chi connectivity index (χ0n) is 29.2. The van der Waals surface area contributed by atoms with Crippen molar-refractivity contribution >= 4 is 48.7 Å². The maximum absolute atomic E-state index is 7.00. The van der Waals surface area contributed by atoms with Crippen molar-refractivity contribution < 1.29 is 4.74 Å². The lowest BCUT2D eigenvalue weighted by molar-refractivity contribution is 0.278. The third-order valence-corrected chi connectivity index (χ3v) is 11.1. The topological polar surface area (TPSA) is 9.23 Å². The first kappa shape index (κ1) is 29.9. The monoisotopic (exact) mass is 654 g/mol. The van der Waals surface area contributed by atoms with Gasteiger partial charge in [0.15, 0.2) is 0 Å². The molecule has 8 aromatic rings. The van der Waals surface area contributed by atoms with Crippen LogP contribution in [-0.2, 0) is 5.41 Å². The third-order valence-electron chi connectivity index (χ3n) is 11.1. The zero-order chi connectivity index (χ0) is 34.3. The molecule has 2 aliphatic rings. The molecule has 0 spiro atoms. The fourth-order valence-electron chi connectivity index (χ4n) is 9.11. The van der Waals surface area contributed by atoms with E-state index in [1.807, 2.05) is 0 Å². The lowest BCUT2D eigenvalue weighted by Gasteiger charge is -2.29. The lowest BCUT2D eigenvalue weighted by atomic mass is 9.75. The molecule has 1 aliphatic heterocycles. The molecule has 0 saturated heterocycles. The molecule has 0 aromatic heterocycles. The van der Waals surface area contributed by atoms with Gasteiger partial charge in [-0.2, -0.15) is 0 Å². The van der Waals surface area contributed by atoms with Crippen LogP contribution in [0.4, 0.5) is 0 Å². The summed E-state index contributed by atoms with van der Waals surface area (Å²) in [4.78, 5) is 0. The summed E-state index contributed by atoms with van der Waals surface area (Å²) >= 11 is 0. The smallest absolute Gasteiger partial charge is 0.135 e. The molecule has 51 heavy (non-hydrogen) atoms. The van der Waals surface area contributed by atoms with E-state index in [-0.39, 0.29) is 17.4 Å². The molecule has 1 heterocycles. The van der Waals surface area contributed by atoms with Crippen molar-refractivity contribution in [1.82, 2.24) is 0 Å². The SMILES string of the molecule is CC(C)(C)c1c2ccccc2c(C2=CC=CC3c4cc(-c5c6ccccc6c(-c6ccccc6)c6ccccc56)ccc4OC23)c2ccccc12. The van der Waals surface area contributed by atoms with Crippen molar-refractivity contribution in [3.63, 3.8) is 0 Å². The highest BCUT2D eigenvalue weighted by Crippen LogP contribution is 2.52. The Bertz CT molecular complexity index is 2640. The van der Waals surface area contributed by atoms with Gasteiger partial charge in [0.1, 0.15) is 11.9 Å². The van der Waals surface area contributed by atoms with Gasteiger partial charge in [-0.3, -0.25) is 0 Å². The van der Waals surface area contributed by atoms with Gasteiger partial charge < -0.3 is 4.74 Å². The zero-order valence-corrected chi connectivity index (χ0v) is 29.2. The van der Waals surface area contributed by atoms with E-state index in [4.69, 9.17) is 4.74 Å². The van der Waals surface area contributed by atoms with Crippen LogP contribution in [0.2, 0.25) is 0 Å². The van der Waals surface area contributed by atoms with Crippen molar-refractivity contribution in [1.29, 1.82) is 0 Å². The summed E-state index contributed by atoms with van der Waals surface area (Å²) in [5.74, 6) is 1.08. The van der Waals surface area contributed by atoms with E-state index < -0.39 is 0 Å². The van der Waals surface area contributed by atoms with Crippen molar-refractivity contribution in [2.45, 2.75) is 38.2 Å². The number of hydrogen-bond acceptors (Lipinski definition) is 1. The Morgan fingerprint density at radius 2 is 0.941 bits per heavy atom. The second-order valence-corrected chi connectivity index (χ2v) is 15.1. The Labute approximate surface area is 299 Å². The van der Waals surface area contributed by atoms with Gasteiger partial charge in [-0.05, 0) is 94.0 Å². The number of hydrogen-bond donors (Lipinski definition) is 0. The highest BCUT2D eigenvalue weighted by atomic mass is 16.5. The lowest BCUT2D eigenvalue weighted by Crippen LogP contribution is -2.22. The molecule has 0 radical (unpaired) electrons. The van der Waals surface area contributed by atoms with Crippen LogP contribution in [0.25, 0.3) is 70.9 Å². The van der Waals surface area contributed by atoms with Crippen molar-refractivity contribution in [3.05, 3.63) is 181 Å². The molecule has 0 N–H and O–H groups in total. The van der Waals surface area contributed by atoms with Crippen LogP contribution in [0.5, 0.6) is 5.75 Å². The number of rotatable bonds is 3. The average Bonchev–Trinajstić information content (AvgIpc) is 3.54. The minimum absolute atomic E-state index is 0.00867. The van der Waals surface area contributed by atoms with Crippen molar-refractivity contribution in [3.8, 4) is 28.0 Å². The van der Waals surface area contributed by atoms with E-state index >= 15 is 0 Å². The Morgan fingerprint density at radius 1 is 0.471 bits per heavy atom. The van der Waals surface area contributed by atoms with Gasteiger partial charge in [0.25, 0.3) is 0 Å². The molecule has 1 nitrogen and oxygen atoms in total. The van der Waals surface area contributed by atoms with Crippen molar-refractivity contribution in [2.24, 2.45) is 0 Å². The van der Waals surface area contributed by atoms with Crippen LogP contribution in [0.1, 0.15) is 43.4 Å².